The number of thiocarbonyl (C=S) groups is 1. The maximum atomic E-state index is 11.8. The number of rotatable bonds is 4. The van der Waals surface area contributed by atoms with Gasteiger partial charge in [0, 0.05) is 6.42 Å². The van der Waals surface area contributed by atoms with Gasteiger partial charge in [-0.1, -0.05) is 31.5 Å². The molecule has 1 amide bonds. The van der Waals surface area contributed by atoms with E-state index in [9.17, 15) is 4.79 Å². The van der Waals surface area contributed by atoms with E-state index in [1.54, 1.807) is 0 Å². The zero-order valence-corrected chi connectivity index (χ0v) is 10.4. The van der Waals surface area contributed by atoms with Crippen LogP contribution in [0.4, 0.5) is 0 Å². The highest BCUT2D eigenvalue weighted by atomic mass is 32.1. The van der Waals surface area contributed by atoms with E-state index in [4.69, 9.17) is 18.0 Å². The summed E-state index contributed by atoms with van der Waals surface area (Å²) < 4.78 is 0. The van der Waals surface area contributed by atoms with Crippen molar-refractivity contribution in [3.05, 3.63) is 0 Å². The van der Waals surface area contributed by atoms with E-state index in [2.05, 4.69) is 5.32 Å². The van der Waals surface area contributed by atoms with Gasteiger partial charge in [0.2, 0.25) is 5.91 Å². The first-order chi connectivity index (χ1) is 7.62. The molecule has 0 saturated heterocycles. The summed E-state index contributed by atoms with van der Waals surface area (Å²) in [5.41, 5.74) is 5.44. The Hall–Kier alpha value is -0.640. The molecule has 16 heavy (non-hydrogen) atoms. The summed E-state index contributed by atoms with van der Waals surface area (Å²) in [6.07, 6.45) is 8.34. The van der Waals surface area contributed by atoms with Crippen LogP contribution in [-0.4, -0.2) is 16.4 Å². The van der Waals surface area contributed by atoms with Gasteiger partial charge in [0.15, 0.2) is 0 Å². The molecule has 3 nitrogen and oxygen atoms in total. The van der Waals surface area contributed by atoms with Crippen molar-refractivity contribution in [3.8, 4) is 0 Å². The molecule has 90 valence electrons. The Morgan fingerprint density at radius 3 is 2.44 bits per heavy atom. The van der Waals surface area contributed by atoms with Crippen molar-refractivity contribution < 1.29 is 4.79 Å². The van der Waals surface area contributed by atoms with Crippen LogP contribution in [0.15, 0.2) is 0 Å². The molecular weight excluding hydrogens is 220 g/mol. The molecule has 3 N–H and O–H groups in total. The highest BCUT2D eigenvalue weighted by molar-refractivity contribution is 7.80. The molecular formula is C12H20N2OS. The summed E-state index contributed by atoms with van der Waals surface area (Å²) >= 11 is 5.14. The van der Waals surface area contributed by atoms with E-state index in [0.717, 1.165) is 25.7 Å². The van der Waals surface area contributed by atoms with E-state index in [0.29, 0.717) is 17.3 Å². The van der Waals surface area contributed by atoms with Crippen molar-refractivity contribution in [3.63, 3.8) is 0 Å². The van der Waals surface area contributed by atoms with Crippen molar-refractivity contribution in [2.24, 2.45) is 11.7 Å². The van der Waals surface area contributed by atoms with Gasteiger partial charge in [0.25, 0.3) is 0 Å². The lowest BCUT2D eigenvalue weighted by Crippen LogP contribution is -2.57. The average Bonchev–Trinajstić information content (AvgIpc) is 3.02. The Bertz CT molecular complexity index is 293. The first kappa shape index (κ1) is 11.8. The minimum absolute atomic E-state index is 0.136. The molecule has 0 spiro atoms. The summed E-state index contributed by atoms with van der Waals surface area (Å²) in [5, 5.41) is 3.10. The Balaban J connectivity index is 1.95. The van der Waals surface area contributed by atoms with Crippen molar-refractivity contribution in [2.45, 2.75) is 56.9 Å². The number of amides is 1. The smallest absolute Gasteiger partial charge is 0.221 e. The Labute approximate surface area is 102 Å². The third-order valence-corrected chi connectivity index (χ3v) is 4.12. The summed E-state index contributed by atoms with van der Waals surface area (Å²) in [6, 6.07) is 0. The first-order valence-corrected chi connectivity index (χ1v) is 6.64. The molecule has 0 bridgehead atoms. The topological polar surface area (TPSA) is 55.1 Å². The van der Waals surface area contributed by atoms with Gasteiger partial charge in [-0.05, 0) is 31.6 Å². The Morgan fingerprint density at radius 2 is 1.94 bits per heavy atom. The third-order valence-electron chi connectivity index (χ3n) is 3.73. The number of hydrogen-bond donors (Lipinski definition) is 2. The zero-order valence-electron chi connectivity index (χ0n) is 9.63. The van der Waals surface area contributed by atoms with Crippen LogP contribution in [0.25, 0.3) is 0 Å². The number of carbonyl (C=O) groups is 1. The van der Waals surface area contributed by atoms with Gasteiger partial charge in [-0.25, -0.2) is 0 Å². The predicted octanol–water partition coefficient (Wildman–Crippen LogP) is 1.89. The van der Waals surface area contributed by atoms with Crippen molar-refractivity contribution in [2.75, 3.05) is 0 Å². The van der Waals surface area contributed by atoms with Crippen LogP contribution in [-0.2, 0) is 4.79 Å². The maximum absolute atomic E-state index is 11.8. The average molecular weight is 240 g/mol. The van der Waals surface area contributed by atoms with E-state index in [-0.39, 0.29) is 11.4 Å². The van der Waals surface area contributed by atoms with Gasteiger partial charge in [0.05, 0.1) is 10.5 Å². The molecule has 2 fully saturated rings. The molecule has 0 aromatic heterocycles. The second-order valence-electron chi connectivity index (χ2n) is 5.20. The number of nitrogens with one attached hydrogen (secondary N) is 1. The largest absolute Gasteiger partial charge is 0.391 e. The fourth-order valence-electron chi connectivity index (χ4n) is 2.49. The van der Waals surface area contributed by atoms with Gasteiger partial charge in [-0.15, -0.1) is 0 Å². The third kappa shape index (κ3) is 2.73. The van der Waals surface area contributed by atoms with Gasteiger partial charge in [-0.3, -0.25) is 4.79 Å². The van der Waals surface area contributed by atoms with Crippen molar-refractivity contribution >= 4 is 23.1 Å². The zero-order chi connectivity index (χ0) is 11.6. The quantitative estimate of drug-likeness (QED) is 0.738. The highest BCUT2D eigenvalue weighted by Gasteiger charge is 2.37. The van der Waals surface area contributed by atoms with Gasteiger partial charge >= 0.3 is 0 Å². The minimum Gasteiger partial charge on any atom is -0.391 e. The number of hydrogen-bond acceptors (Lipinski definition) is 2. The van der Waals surface area contributed by atoms with Crippen LogP contribution in [0.1, 0.15) is 51.4 Å². The van der Waals surface area contributed by atoms with Crippen molar-refractivity contribution in [1.82, 2.24) is 5.32 Å². The van der Waals surface area contributed by atoms with Crippen LogP contribution in [0.2, 0.25) is 0 Å². The molecule has 2 aliphatic carbocycles. The van der Waals surface area contributed by atoms with Crippen LogP contribution < -0.4 is 11.1 Å². The number of nitrogens with two attached hydrogens (primary N) is 1. The normalized spacial score (nSPS) is 23.8. The Morgan fingerprint density at radius 1 is 1.31 bits per heavy atom. The summed E-state index contributed by atoms with van der Waals surface area (Å²) in [5.74, 6) is 0.754. The molecule has 2 rings (SSSR count). The van der Waals surface area contributed by atoms with E-state index < -0.39 is 0 Å². The van der Waals surface area contributed by atoms with E-state index in [1.807, 2.05) is 0 Å². The Kier molecular flexibility index (Phi) is 3.47. The molecule has 0 heterocycles. The lowest BCUT2D eigenvalue weighted by atomic mass is 9.81. The van der Waals surface area contributed by atoms with Gasteiger partial charge in [0.1, 0.15) is 0 Å². The van der Waals surface area contributed by atoms with Gasteiger partial charge < -0.3 is 11.1 Å². The fourth-order valence-corrected chi connectivity index (χ4v) is 2.75. The second kappa shape index (κ2) is 4.70. The second-order valence-corrected chi connectivity index (χ2v) is 5.64. The highest BCUT2D eigenvalue weighted by Crippen LogP contribution is 2.33. The summed E-state index contributed by atoms with van der Waals surface area (Å²) in [4.78, 5) is 12.3. The van der Waals surface area contributed by atoms with Crippen LogP contribution in [0.3, 0.4) is 0 Å². The molecule has 0 unspecified atom stereocenters. The summed E-state index contributed by atoms with van der Waals surface area (Å²) in [7, 11) is 0. The molecule has 2 aliphatic rings. The van der Waals surface area contributed by atoms with Crippen LogP contribution in [0.5, 0.6) is 0 Å². The van der Waals surface area contributed by atoms with E-state index in [1.165, 1.54) is 19.3 Å². The lowest BCUT2D eigenvalue weighted by Gasteiger charge is -2.37. The number of carbonyl (C=O) groups excluding carboxylic acids is 1. The molecule has 0 aromatic carbocycles. The monoisotopic (exact) mass is 240 g/mol. The fraction of sp³-hybridized carbons (Fsp3) is 0.833. The van der Waals surface area contributed by atoms with Crippen molar-refractivity contribution in [1.29, 1.82) is 0 Å². The van der Waals surface area contributed by atoms with Crippen LogP contribution in [0, 0.1) is 5.92 Å². The molecule has 0 aliphatic heterocycles. The molecule has 0 aromatic rings. The standard InChI is InChI=1S/C12H20N2OS/c13-11(16)12(6-2-1-3-7-12)14-10(15)8-9-4-5-9/h9H,1-8H2,(H2,13,16)(H,14,15). The lowest BCUT2D eigenvalue weighted by molar-refractivity contribution is -0.122. The SMILES string of the molecule is NC(=S)C1(NC(=O)CC2CC2)CCCCC1. The molecule has 0 radical (unpaired) electrons. The molecule has 0 atom stereocenters. The first-order valence-electron chi connectivity index (χ1n) is 6.23. The molecule has 2 saturated carbocycles. The minimum atomic E-state index is -0.375. The van der Waals surface area contributed by atoms with Crippen LogP contribution >= 0.6 is 12.2 Å². The summed E-state index contributed by atoms with van der Waals surface area (Å²) in [6.45, 7) is 0. The predicted molar refractivity (Wildman–Crippen MR) is 68.1 cm³/mol. The van der Waals surface area contributed by atoms with E-state index >= 15 is 0 Å². The van der Waals surface area contributed by atoms with Gasteiger partial charge in [-0.2, -0.15) is 0 Å². The maximum Gasteiger partial charge on any atom is 0.221 e. The molecule has 4 heteroatoms.